The van der Waals surface area contributed by atoms with Crippen molar-refractivity contribution in [3.05, 3.63) is 112 Å². The van der Waals surface area contributed by atoms with Crippen molar-refractivity contribution < 1.29 is 48.7 Å². The summed E-state index contributed by atoms with van der Waals surface area (Å²) in [4.78, 5) is 52.3. The zero-order chi connectivity index (χ0) is 33.8. The standard InChI is InChI=1S/C36H33NO10/c1-45-30-15-23(16-31(46-2)32(30)47-3)22-11-6-8-20(14-22)19-37(29-13-7-10-21-9-4-5-12-24(21)29)33(38)25-17-27(35(41)42)28(36(43)44)18-26(25)34(39)40/h4-6,8-9,11-12,14-18,29H,7,10,13,19H2,1-3H3,(H,39,40)(H,41,42)(H,43,44). The molecular weight excluding hydrogens is 606 g/mol. The molecule has 0 saturated heterocycles. The molecule has 1 unspecified atom stereocenters. The number of fused-ring (bicyclic) bond motifs is 1. The van der Waals surface area contributed by atoms with Gasteiger partial charge in [0.1, 0.15) is 0 Å². The molecule has 5 rings (SSSR count). The highest BCUT2D eigenvalue weighted by Crippen LogP contribution is 2.42. The van der Waals surface area contributed by atoms with Crippen LogP contribution in [0.3, 0.4) is 0 Å². The summed E-state index contributed by atoms with van der Waals surface area (Å²) in [5.74, 6) is -4.15. The third-order valence-electron chi connectivity index (χ3n) is 8.33. The lowest BCUT2D eigenvalue weighted by Gasteiger charge is -2.36. The molecule has 0 aliphatic heterocycles. The normalized spacial score (nSPS) is 13.6. The van der Waals surface area contributed by atoms with Gasteiger partial charge in [-0.05, 0) is 77.4 Å². The number of carboxylic acid groups (broad SMARTS) is 3. The van der Waals surface area contributed by atoms with E-state index in [4.69, 9.17) is 14.2 Å². The fourth-order valence-corrected chi connectivity index (χ4v) is 6.13. The number of benzene rings is 4. The summed E-state index contributed by atoms with van der Waals surface area (Å²) >= 11 is 0. The molecule has 242 valence electrons. The fraction of sp³-hybridized carbons (Fsp3) is 0.222. The van der Waals surface area contributed by atoms with Crippen LogP contribution >= 0.6 is 0 Å². The maximum atomic E-state index is 14.5. The number of hydrogen-bond donors (Lipinski definition) is 3. The number of aryl methyl sites for hydroxylation is 1. The molecule has 0 heterocycles. The quantitative estimate of drug-likeness (QED) is 0.173. The fourth-order valence-electron chi connectivity index (χ4n) is 6.13. The Balaban J connectivity index is 1.65. The van der Waals surface area contributed by atoms with Gasteiger partial charge in [-0.15, -0.1) is 0 Å². The van der Waals surface area contributed by atoms with E-state index in [1.807, 2.05) is 48.5 Å². The Bertz CT molecular complexity index is 1860. The molecule has 3 N–H and O–H groups in total. The highest BCUT2D eigenvalue weighted by atomic mass is 16.5. The van der Waals surface area contributed by atoms with E-state index < -0.39 is 52.1 Å². The van der Waals surface area contributed by atoms with Crippen molar-refractivity contribution in [3.8, 4) is 28.4 Å². The first-order valence-corrected chi connectivity index (χ1v) is 14.7. The summed E-state index contributed by atoms with van der Waals surface area (Å²) in [5.41, 5.74) is 1.79. The van der Waals surface area contributed by atoms with Crippen molar-refractivity contribution in [2.75, 3.05) is 21.3 Å². The second-order valence-electron chi connectivity index (χ2n) is 11.0. The lowest BCUT2D eigenvalue weighted by Crippen LogP contribution is -2.37. The topological polar surface area (TPSA) is 160 Å². The minimum atomic E-state index is -1.62. The number of carbonyl (C=O) groups is 4. The Labute approximate surface area is 270 Å². The van der Waals surface area contributed by atoms with Gasteiger partial charge in [0.2, 0.25) is 5.75 Å². The zero-order valence-electron chi connectivity index (χ0n) is 26.0. The monoisotopic (exact) mass is 639 g/mol. The minimum Gasteiger partial charge on any atom is -0.493 e. The summed E-state index contributed by atoms with van der Waals surface area (Å²) in [5, 5.41) is 29.4. The number of carbonyl (C=O) groups excluding carboxylic acids is 1. The van der Waals surface area contributed by atoms with Crippen LogP contribution in [-0.4, -0.2) is 65.4 Å². The van der Waals surface area contributed by atoms with Gasteiger partial charge in [-0.3, -0.25) is 4.79 Å². The maximum absolute atomic E-state index is 14.5. The van der Waals surface area contributed by atoms with Crippen molar-refractivity contribution in [3.63, 3.8) is 0 Å². The molecule has 11 heteroatoms. The van der Waals surface area contributed by atoms with E-state index in [0.717, 1.165) is 47.2 Å². The Morgan fingerprint density at radius 3 is 1.89 bits per heavy atom. The lowest BCUT2D eigenvalue weighted by molar-refractivity contribution is 0.0611. The van der Waals surface area contributed by atoms with Crippen molar-refractivity contribution in [1.82, 2.24) is 4.90 Å². The highest BCUT2D eigenvalue weighted by molar-refractivity contribution is 6.10. The highest BCUT2D eigenvalue weighted by Gasteiger charge is 2.34. The molecule has 0 fully saturated rings. The molecule has 0 saturated carbocycles. The van der Waals surface area contributed by atoms with E-state index in [-0.39, 0.29) is 6.54 Å². The van der Waals surface area contributed by atoms with Crippen LogP contribution in [0.1, 0.15) is 77.0 Å². The zero-order valence-corrected chi connectivity index (χ0v) is 26.0. The van der Waals surface area contributed by atoms with E-state index in [1.165, 1.54) is 21.3 Å². The number of nitrogens with zero attached hydrogens (tertiary/aromatic N) is 1. The molecule has 0 aromatic heterocycles. The van der Waals surface area contributed by atoms with Gasteiger partial charge in [-0.25, -0.2) is 14.4 Å². The first-order chi connectivity index (χ1) is 22.6. The van der Waals surface area contributed by atoms with Gasteiger partial charge in [-0.2, -0.15) is 0 Å². The van der Waals surface area contributed by atoms with Gasteiger partial charge in [-0.1, -0.05) is 42.5 Å². The second-order valence-corrected chi connectivity index (χ2v) is 11.0. The molecule has 11 nitrogen and oxygen atoms in total. The number of aromatic carboxylic acids is 3. The summed E-state index contributed by atoms with van der Waals surface area (Å²) < 4.78 is 16.5. The minimum absolute atomic E-state index is 0.0399. The molecule has 4 aromatic carbocycles. The Hall–Kier alpha value is -5.84. The summed E-state index contributed by atoms with van der Waals surface area (Å²) in [6.07, 6.45) is 2.15. The van der Waals surface area contributed by atoms with Crippen molar-refractivity contribution in [1.29, 1.82) is 0 Å². The van der Waals surface area contributed by atoms with Gasteiger partial charge >= 0.3 is 17.9 Å². The average molecular weight is 640 g/mol. The third kappa shape index (κ3) is 6.46. The number of carboxylic acids is 3. The molecule has 1 aliphatic carbocycles. The van der Waals surface area contributed by atoms with Crippen LogP contribution in [0.15, 0.2) is 72.8 Å². The number of hydrogen-bond acceptors (Lipinski definition) is 7. The van der Waals surface area contributed by atoms with Crippen molar-refractivity contribution in [2.24, 2.45) is 0 Å². The van der Waals surface area contributed by atoms with Crippen LogP contribution in [0.5, 0.6) is 17.2 Å². The number of ether oxygens (including phenoxy) is 3. The van der Waals surface area contributed by atoms with Crippen LogP contribution in [0.25, 0.3) is 11.1 Å². The summed E-state index contributed by atoms with van der Waals surface area (Å²) in [6, 6.07) is 19.9. The smallest absolute Gasteiger partial charge is 0.336 e. The largest absolute Gasteiger partial charge is 0.493 e. The Morgan fingerprint density at radius 2 is 1.30 bits per heavy atom. The molecule has 0 radical (unpaired) electrons. The van der Waals surface area contributed by atoms with Gasteiger partial charge in [0.05, 0.1) is 49.6 Å². The van der Waals surface area contributed by atoms with Gasteiger partial charge in [0.15, 0.2) is 11.5 Å². The number of methoxy groups -OCH3 is 3. The van der Waals surface area contributed by atoms with Gasteiger partial charge in [0, 0.05) is 6.54 Å². The molecule has 47 heavy (non-hydrogen) atoms. The predicted octanol–water partition coefficient (Wildman–Crippen LogP) is 6.19. The molecule has 0 spiro atoms. The van der Waals surface area contributed by atoms with E-state index in [1.54, 1.807) is 17.0 Å². The molecule has 1 amide bonds. The number of amides is 1. The molecule has 0 bridgehead atoms. The molecule has 1 atom stereocenters. The van der Waals surface area contributed by atoms with E-state index in [2.05, 4.69) is 0 Å². The SMILES string of the molecule is COc1cc(-c2cccc(CN(C(=O)c3cc(C(=O)O)c(C(=O)O)cc3C(=O)O)C3CCCc4ccccc43)c2)cc(OC)c1OC. The summed E-state index contributed by atoms with van der Waals surface area (Å²) in [6.45, 7) is 0.0399. The summed E-state index contributed by atoms with van der Waals surface area (Å²) in [7, 11) is 4.56. The van der Waals surface area contributed by atoms with E-state index >= 15 is 0 Å². The predicted molar refractivity (Wildman–Crippen MR) is 171 cm³/mol. The average Bonchev–Trinajstić information content (AvgIpc) is 3.08. The third-order valence-corrected chi connectivity index (χ3v) is 8.33. The lowest BCUT2D eigenvalue weighted by atomic mass is 9.86. The maximum Gasteiger partial charge on any atom is 0.336 e. The van der Waals surface area contributed by atoms with Gasteiger partial charge in [0.25, 0.3) is 5.91 Å². The van der Waals surface area contributed by atoms with Crippen LogP contribution in [0, 0.1) is 0 Å². The molecule has 4 aromatic rings. The van der Waals surface area contributed by atoms with Crippen LogP contribution < -0.4 is 14.2 Å². The van der Waals surface area contributed by atoms with Crippen LogP contribution in [0.4, 0.5) is 0 Å². The molecular formula is C36H33NO10. The number of rotatable bonds is 11. The van der Waals surface area contributed by atoms with Crippen LogP contribution in [0.2, 0.25) is 0 Å². The Kier molecular flexibility index (Phi) is 9.46. The Morgan fingerprint density at radius 1 is 0.702 bits per heavy atom. The van der Waals surface area contributed by atoms with E-state index in [0.29, 0.717) is 29.2 Å². The van der Waals surface area contributed by atoms with Gasteiger partial charge < -0.3 is 34.4 Å². The van der Waals surface area contributed by atoms with E-state index in [9.17, 15) is 34.5 Å². The first kappa shape index (κ1) is 32.6. The second kappa shape index (κ2) is 13.7. The van der Waals surface area contributed by atoms with Crippen LogP contribution in [-0.2, 0) is 13.0 Å². The van der Waals surface area contributed by atoms with Crippen molar-refractivity contribution >= 4 is 23.8 Å². The van der Waals surface area contributed by atoms with Crippen molar-refractivity contribution in [2.45, 2.75) is 31.8 Å². The molecule has 1 aliphatic rings. The first-order valence-electron chi connectivity index (χ1n) is 14.7.